The van der Waals surface area contributed by atoms with Crippen LogP contribution in [0.3, 0.4) is 0 Å². The van der Waals surface area contributed by atoms with Crippen molar-refractivity contribution in [3.05, 3.63) is 257 Å². The van der Waals surface area contributed by atoms with Gasteiger partial charge in [-0.2, -0.15) is 0 Å². The van der Waals surface area contributed by atoms with Gasteiger partial charge in [-0.1, -0.05) is 164 Å². The van der Waals surface area contributed by atoms with Gasteiger partial charge in [-0.25, -0.2) is 0 Å². The number of nitrogens with zero attached hydrogens (tertiary/aromatic N) is 1. The normalized spacial score (nSPS) is 13.6. The third kappa shape index (κ3) is 5.33. The Morgan fingerprint density at radius 2 is 1.05 bits per heavy atom. The highest BCUT2D eigenvalue weighted by Gasteiger charge is 2.51. The lowest BCUT2D eigenvalue weighted by Crippen LogP contribution is -2.32. The highest BCUT2D eigenvalue weighted by atomic mass is 32.1. The van der Waals surface area contributed by atoms with Gasteiger partial charge in [-0.05, 0) is 100.0 Å². The van der Waals surface area contributed by atoms with E-state index in [1.165, 1.54) is 64.8 Å². The highest BCUT2D eigenvalue weighted by molar-refractivity contribution is 7.26. The first kappa shape index (κ1) is 34.8. The predicted octanol–water partition coefficient (Wildman–Crippen LogP) is 15.4. The molecule has 60 heavy (non-hydrogen) atoms. The molecule has 1 spiro atoms. The summed E-state index contributed by atoms with van der Waals surface area (Å²) in [6.45, 7) is 0. The van der Waals surface area contributed by atoms with E-state index in [1.54, 1.807) is 0 Å². The Labute approximate surface area is 354 Å². The molecule has 0 bridgehead atoms. The Morgan fingerprint density at radius 1 is 0.450 bits per heavy atom. The summed E-state index contributed by atoms with van der Waals surface area (Å²) in [5.41, 5.74) is 14.1. The number of ether oxygens (including phenoxy) is 1. The second-order valence-electron chi connectivity index (χ2n) is 16.0. The number of thiophene rings is 1. The van der Waals surface area contributed by atoms with Crippen LogP contribution in [0, 0.1) is 0 Å². The summed E-state index contributed by atoms with van der Waals surface area (Å²) in [7, 11) is 0. The van der Waals surface area contributed by atoms with Gasteiger partial charge in [0.1, 0.15) is 11.5 Å². The summed E-state index contributed by atoms with van der Waals surface area (Å²) in [4.78, 5) is 2.50. The molecule has 12 rings (SSSR count). The van der Waals surface area contributed by atoms with Crippen molar-refractivity contribution in [2.45, 2.75) is 17.8 Å². The molecule has 2 aliphatic rings. The Balaban J connectivity index is 1.15. The standard InChI is InChI=1S/C57H39NOS/c1-4-18-38(19-5-1)34-46(39-20-6-2-7-21-39)40-35-51(56-45-26-12-17-31-54(45)60-55(56)36-40)58(41-22-8-3-9-23-41)42-32-33-53-50(37-42)57(49-29-15-16-30-52(49)59-53)47-27-13-10-24-43(47)44-25-11-14-28-48(44)57/h1-33,35-37,46H,34H2. The van der Waals surface area contributed by atoms with Gasteiger partial charge in [0.2, 0.25) is 0 Å². The predicted molar refractivity (Wildman–Crippen MR) is 250 cm³/mol. The van der Waals surface area contributed by atoms with Crippen molar-refractivity contribution in [1.82, 2.24) is 0 Å². The van der Waals surface area contributed by atoms with Crippen LogP contribution < -0.4 is 9.64 Å². The number of hydrogen-bond acceptors (Lipinski definition) is 3. The van der Waals surface area contributed by atoms with E-state index in [9.17, 15) is 0 Å². The molecule has 1 aliphatic carbocycles. The van der Waals surface area contributed by atoms with E-state index in [-0.39, 0.29) is 5.92 Å². The Bertz CT molecular complexity index is 3180. The molecule has 1 aromatic heterocycles. The van der Waals surface area contributed by atoms with Crippen LogP contribution in [0.5, 0.6) is 11.5 Å². The first-order chi connectivity index (χ1) is 29.8. The van der Waals surface area contributed by atoms with Crippen LogP contribution in [0.25, 0.3) is 31.3 Å². The number of fused-ring (bicyclic) bond motifs is 12. The zero-order valence-electron chi connectivity index (χ0n) is 32.8. The molecule has 2 nitrogen and oxygen atoms in total. The maximum Gasteiger partial charge on any atom is 0.132 e. The maximum atomic E-state index is 6.90. The van der Waals surface area contributed by atoms with Crippen molar-refractivity contribution in [1.29, 1.82) is 0 Å². The molecule has 3 heteroatoms. The second kappa shape index (κ2) is 14.0. The van der Waals surface area contributed by atoms with Gasteiger partial charge in [0.25, 0.3) is 0 Å². The van der Waals surface area contributed by atoms with Crippen LogP contribution in [0.1, 0.15) is 44.9 Å². The van der Waals surface area contributed by atoms with Gasteiger partial charge in [0, 0.05) is 48.6 Å². The summed E-state index contributed by atoms with van der Waals surface area (Å²) in [5.74, 6) is 1.92. The molecule has 1 atom stereocenters. The van der Waals surface area contributed by atoms with Crippen molar-refractivity contribution >= 4 is 48.6 Å². The van der Waals surface area contributed by atoms with Gasteiger partial charge in [-0.3, -0.25) is 0 Å². The number of para-hydroxylation sites is 2. The first-order valence-corrected chi connectivity index (χ1v) is 21.6. The molecule has 0 saturated heterocycles. The molecular weight excluding hydrogens is 747 g/mol. The summed E-state index contributed by atoms with van der Waals surface area (Å²) in [6, 6.07) is 80.1. The lowest BCUT2D eigenvalue weighted by molar-refractivity contribution is 0.436. The number of rotatable bonds is 7. The maximum absolute atomic E-state index is 6.90. The van der Waals surface area contributed by atoms with Gasteiger partial charge in [0.15, 0.2) is 0 Å². The Morgan fingerprint density at radius 3 is 1.80 bits per heavy atom. The minimum atomic E-state index is -0.573. The van der Waals surface area contributed by atoms with E-state index in [0.717, 1.165) is 40.4 Å². The minimum Gasteiger partial charge on any atom is -0.457 e. The lowest BCUT2D eigenvalue weighted by atomic mass is 9.66. The molecule has 2 heterocycles. The number of benzene rings is 9. The topological polar surface area (TPSA) is 12.5 Å². The van der Waals surface area contributed by atoms with Crippen LogP contribution in [-0.2, 0) is 11.8 Å². The van der Waals surface area contributed by atoms with Crippen molar-refractivity contribution in [3.63, 3.8) is 0 Å². The zero-order valence-corrected chi connectivity index (χ0v) is 33.6. The summed E-state index contributed by atoms with van der Waals surface area (Å²) < 4.78 is 9.46. The lowest BCUT2D eigenvalue weighted by Gasteiger charge is -2.40. The third-order valence-electron chi connectivity index (χ3n) is 12.7. The van der Waals surface area contributed by atoms with Crippen LogP contribution in [0.4, 0.5) is 17.1 Å². The van der Waals surface area contributed by atoms with Crippen molar-refractivity contribution in [2.75, 3.05) is 4.90 Å². The molecule has 1 aliphatic heterocycles. The zero-order chi connectivity index (χ0) is 39.6. The van der Waals surface area contributed by atoms with E-state index >= 15 is 0 Å². The average Bonchev–Trinajstić information content (AvgIpc) is 3.84. The third-order valence-corrected chi connectivity index (χ3v) is 13.8. The smallest absolute Gasteiger partial charge is 0.132 e. The molecule has 0 amide bonds. The second-order valence-corrected chi connectivity index (χ2v) is 17.0. The molecular formula is C57H39NOS. The van der Waals surface area contributed by atoms with E-state index < -0.39 is 5.41 Å². The number of anilines is 3. The molecule has 1 unspecified atom stereocenters. The van der Waals surface area contributed by atoms with Crippen LogP contribution in [-0.4, -0.2) is 0 Å². The largest absolute Gasteiger partial charge is 0.457 e. The Kier molecular flexibility index (Phi) is 8.11. The molecule has 0 fully saturated rings. The molecule has 0 N–H and O–H groups in total. The summed E-state index contributed by atoms with van der Waals surface area (Å²) >= 11 is 1.88. The van der Waals surface area contributed by atoms with Crippen LogP contribution in [0.15, 0.2) is 218 Å². The first-order valence-electron chi connectivity index (χ1n) is 20.8. The minimum absolute atomic E-state index is 0.141. The molecule has 284 valence electrons. The van der Waals surface area contributed by atoms with E-state index in [2.05, 4.69) is 223 Å². The molecule has 10 aromatic rings. The van der Waals surface area contributed by atoms with Crippen molar-refractivity contribution < 1.29 is 4.74 Å². The van der Waals surface area contributed by atoms with E-state index in [1.807, 2.05) is 11.3 Å². The molecule has 0 radical (unpaired) electrons. The van der Waals surface area contributed by atoms with Gasteiger partial charge in [0.05, 0.1) is 11.1 Å². The fourth-order valence-corrected chi connectivity index (χ4v) is 11.4. The Hall–Kier alpha value is -7.20. The van der Waals surface area contributed by atoms with Crippen molar-refractivity contribution in [3.8, 4) is 22.6 Å². The number of hydrogen-bond donors (Lipinski definition) is 0. The van der Waals surface area contributed by atoms with Gasteiger partial charge in [-0.15, -0.1) is 11.3 Å². The quantitative estimate of drug-likeness (QED) is 0.160. The van der Waals surface area contributed by atoms with Crippen molar-refractivity contribution in [2.24, 2.45) is 0 Å². The fourth-order valence-electron chi connectivity index (χ4n) is 10.2. The molecule has 0 saturated carbocycles. The summed E-state index contributed by atoms with van der Waals surface area (Å²) in [5, 5.41) is 2.53. The van der Waals surface area contributed by atoms with Gasteiger partial charge >= 0.3 is 0 Å². The SMILES string of the molecule is c1ccc(CC(c2ccccc2)c2cc(N(c3ccccc3)c3ccc4c(c3)C3(c5ccccc5O4)c4ccccc4-c4ccccc43)c3c(c2)sc2ccccc23)cc1. The fraction of sp³-hybridized carbons (Fsp3) is 0.0526. The van der Waals surface area contributed by atoms with E-state index in [4.69, 9.17) is 4.74 Å². The monoisotopic (exact) mass is 785 g/mol. The average molecular weight is 786 g/mol. The van der Waals surface area contributed by atoms with E-state index in [0.29, 0.717) is 0 Å². The molecule has 9 aromatic carbocycles. The highest BCUT2D eigenvalue weighted by Crippen LogP contribution is 2.62. The van der Waals surface area contributed by atoms with Crippen LogP contribution >= 0.6 is 11.3 Å². The summed E-state index contributed by atoms with van der Waals surface area (Å²) in [6.07, 6.45) is 0.892. The van der Waals surface area contributed by atoms with Crippen LogP contribution in [0.2, 0.25) is 0 Å². The van der Waals surface area contributed by atoms with Gasteiger partial charge < -0.3 is 9.64 Å².